The van der Waals surface area contributed by atoms with Gasteiger partial charge in [-0.15, -0.1) is 0 Å². The average molecular weight is 304 g/mol. The van der Waals surface area contributed by atoms with Crippen molar-refractivity contribution in [3.63, 3.8) is 0 Å². The van der Waals surface area contributed by atoms with Crippen molar-refractivity contribution in [1.82, 2.24) is 10.2 Å². The Labute approximate surface area is 127 Å². The maximum atomic E-state index is 12.9. The van der Waals surface area contributed by atoms with Crippen LogP contribution >= 0.6 is 0 Å². The van der Waals surface area contributed by atoms with Gasteiger partial charge in [0.05, 0.1) is 0 Å². The Morgan fingerprint density at radius 3 is 2.50 bits per heavy atom. The molecule has 1 aliphatic carbocycles. The third-order valence-electron chi connectivity index (χ3n) is 4.03. The number of hydrogen-bond donors (Lipinski definition) is 1. The fourth-order valence-electron chi connectivity index (χ4n) is 2.63. The van der Waals surface area contributed by atoms with Crippen molar-refractivity contribution in [2.45, 2.75) is 44.3 Å². The van der Waals surface area contributed by atoms with Gasteiger partial charge in [0, 0.05) is 19.0 Å². The van der Waals surface area contributed by atoms with E-state index in [0.29, 0.717) is 6.42 Å². The number of amides is 2. The Hall–Kier alpha value is -2.24. The Balaban J connectivity index is 1.69. The molecular formula is C16H17FN2O3. The van der Waals surface area contributed by atoms with Crippen molar-refractivity contribution in [2.75, 3.05) is 0 Å². The Morgan fingerprint density at radius 1 is 1.18 bits per heavy atom. The minimum Gasteiger partial charge on any atom is -0.347 e. The molecule has 1 saturated heterocycles. The molecule has 0 spiro atoms. The topological polar surface area (TPSA) is 66.5 Å². The van der Waals surface area contributed by atoms with Gasteiger partial charge in [-0.25, -0.2) is 4.39 Å². The molecule has 0 aromatic heterocycles. The fraction of sp³-hybridized carbons (Fsp3) is 0.438. The molecule has 1 unspecified atom stereocenters. The van der Waals surface area contributed by atoms with E-state index in [1.165, 1.54) is 17.0 Å². The van der Waals surface area contributed by atoms with E-state index in [2.05, 4.69) is 5.32 Å². The van der Waals surface area contributed by atoms with Crippen LogP contribution in [-0.4, -0.2) is 34.6 Å². The molecule has 1 aromatic carbocycles. The summed E-state index contributed by atoms with van der Waals surface area (Å²) in [7, 11) is 0. The maximum absolute atomic E-state index is 12.9. The molecule has 116 valence electrons. The van der Waals surface area contributed by atoms with E-state index in [0.717, 1.165) is 18.4 Å². The quantitative estimate of drug-likeness (QED) is 0.830. The number of carbonyl (C=O) groups excluding carboxylic acids is 3. The summed E-state index contributed by atoms with van der Waals surface area (Å²) in [6.07, 6.45) is 2.43. The van der Waals surface area contributed by atoms with Gasteiger partial charge in [-0.3, -0.25) is 14.4 Å². The van der Waals surface area contributed by atoms with Gasteiger partial charge in [-0.05, 0) is 37.0 Å². The second kappa shape index (κ2) is 5.87. The number of benzene rings is 1. The molecule has 2 aliphatic rings. The lowest BCUT2D eigenvalue weighted by atomic mass is 10.1. The lowest BCUT2D eigenvalue weighted by molar-refractivity contribution is -0.143. The Kier molecular flexibility index (Phi) is 3.92. The number of hydrogen-bond acceptors (Lipinski definition) is 3. The summed E-state index contributed by atoms with van der Waals surface area (Å²) >= 11 is 0. The van der Waals surface area contributed by atoms with Gasteiger partial charge in [0.2, 0.25) is 11.7 Å². The molecule has 5 nitrogen and oxygen atoms in total. The first-order chi connectivity index (χ1) is 10.5. The van der Waals surface area contributed by atoms with Crippen LogP contribution in [-0.2, 0) is 20.9 Å². The molecule has 22 heavy (non-hydrogen) atoms. The van der Waals surface area contributed by atoms with Crippen LogP contribution in [0.25, 0.3) is 0 Å². The number of nitrogens with one attached hydrogen (secondary N) is 1. The summed E-state index contributed by atoms with van der Waals surface area (Å²) in [5.41, 5.74) is 0.733. The van der Waals surface area contributed by atoms with E-state index >= 15 is 0 Å². The summed E-state index contributed by atoms with van der Waals surface area (Å²) in [6.45, 7) is 0.215. The van der Waals surface area contributed by atoms with Crippen molar-refractivity contribution in [3.05, 3.63) is 35.6 Å². The number of likely N-dealkylation sites (tertiary alicyclic amines) is 1. The number of nitrogens with zero attached hydrogens (tertiary/aromatic N) is 1. The first-order valence-corrected chi connectivity index (χ1v) is 7.43. The highest BCUT2D eigenvalue weighted by Gasteiger charge is 2.39. The molecular weight excluding hydrogens is 287 g/mol. The molecule has 2 fully saturated rings. The third kappa shape index (κ3) is 3.16. The first-order valence-electron chi connectivity index (χ1n) is 7.43. The highest BCUT2D eigenvalue weighted by molar-refractivity contribution is 6.38. The van der Waals surface area contributed by atoms with Gasteiger partial charge in [0.15, 0.2) is 0 Å². The van der Waals surface area contributed by atoms with Crippen LogP contribution in [0.1, 0.15) is 31.2 Å². The van der Waals surface area contributed by atoms with Crippen molar-refractivity contribution >= 4 is 17.6 Å². The molecule has 1 N–H and O–H groups in total. The van der Waals surface area contributed by atoms with Crippen LogP contribution in [0.3, 0.4) is 0 Å². The van der Waals surface area contributed by atoms with Crippen LogP contribution in [0.5, 0.6) is 0 Å². The molecule has 1 saturated carbocycles. The van der Waals surface area contributed by atoms with E-state index in [-0.39, 0.29) is 30.7 Å². The van der Waals surface area contributed by atoms with Gasteiger partial charge in [0.1, 0.15) is 11.9 Å². The maximum Gasteiger partial charge on any atom is 0.289 e. The zero-order chi connectivity index (χ0) is 15.7. The minimum absolute atomic E-state index is 0.110. The van der Waals surface area contributed by atoms with Crippen molar-refractivity contribution < 1.29 is 18.8 Å². The van der Waals surface area contributed by atoms with Crippen LogP contribution in [0.15, 0.2) is 24.3 Å². The zero-order valence-electron chi connectivity index (χ0n) is 12.0. The van der Waals surface area contributed by atoms with Gasteiger partial charge < -0.3 is 10.2 Å². The summed E-state index contributed by atoms with van der Waals surface area (Å²) in [4.78, 5) is 37.5. The van der Waals surface area contributed by atoms with E-state index in [1.807, 2.05) is 0 Å². The van der Waals surface area contributed by atoms with Crippen LogP contribution in [0.2, 0.25) is 0 Å². The molecule has 2 amide bonds. The number of rotatable bonds is 5. The first kappa shape index (κ1) is 14.7. The van der Waals surface area contributed by atoms with Gasteiger partial charge in [-0.2, -0.15) is 0 Å². The van der Waals surface area contributed by atoms with Gasteiger partial charge in [-0.1, -0.05) is 12.1 Å². The second-order valence-corrected chi connectivity index (χ2v) is 5.81. The van der Waals surface area contributed by atoms with E-state index < -0.39 is 17.7 Å². The Morgan fingerprint density at radius 2 is 1.86 bits per heavy atom. The summed E-state index contributed by atoms with van der Waals surface area (Å²) in [5, 5.41) is 2.66. The normalized spacial score (nSPS) is 21.0. The standard InChI is InChI=1S/C16H17FN2O3/c17-11-3-1-10(2-4-11)9-19-13(7-8-14(19)20)15(21)16(22)18-12-5-6-12/h1-4,12-13H,5-9H2,(H,18,22). The molecule has 3 rings (SSSR count). The van der Waals surface area contributed by atoms with Crippen LogP contribution < -0.4 is 5.32 Å². The molecule has 1 heterocycles. The highest BCUT2D eigenvalue weighted by atomic mass is 19.1. The van der Waals surface area contributed by atoms with Crippen molar-refractivity contribution in [2.24, 2.45) is 0 Å². The monoisotopic (exact) mass is 304 g/mol. The predicted octanol–water partition coefficient (Wildman–Crippen LogP) is 1.16. The Bertz CT molecular complexity index is 610. The fourth-order valence-corrected chi connectivity index (χ4v) is 2.63. The van der Waals surface area contributed by atoms with Gasteiger partial charge in [0.25, 0.3) is 5.91 Å². The average Bonchev–Trinajstić information content (AvgIpc) is 3.24. The minimum atomic E-state index is -0.712. The van der Waals surface area contributed by atoms with Crippen molar-refractivity contribution in [1.29, 1.82) is 0 Å². The largest absolute Gasteiger partial charge is 0.347 e. The molecule has 6 heteroatoms. The summed E-state index contributed by atoms with van der Waals surface area (Å²) in [5.74, 6) is -1.67. The molecule has 1 aliphatic heterocycles. The summed E-state index contributed by atoms with van der Waals surface area (Å²) < 4.78 is 12.9. The van der Waals surface area contributed by atoms with Gasteiger partial charge >= 0.3 is 0 Å². The molecule has 1 aromatic rings. The summed E-state index contributed by atoms with van der Waals surface area (Å²) in [6, 6.07) is 5.17. The van der Waals surface area contributed by atoms with E-state index in [4.69, 9.17) is 0 Å². The number of Topliss-reactive ketones (excluding diaryl/α,β-unsaturated/α-hetero) is 1. The number of carbonyl (C=O) groups is 3. The lowest BCUT2D eigenvalue weighted by Crippen LogP contribution is -2.45. The number of halogens is 1. The zero-order valence-corrected chi connectivity index (χ0v) is 12.0. The third-order valence-corrected chi connectivity index (χ3v) is 4.03. The highest BCUT2D eigenvalue weighted by Crippen LogP contribution is 2.23. The van der Waals surface area contributed by atoms with E-state index in [1.54, 1.807) is 12.1 Å². The van der Waals surface area contributed by atoms with E-state index in [9.17, 15) is 18.8 Å². The van der Waals surface area contributed by atoms with Crippen LogP contribution in [0.4, 0.5) is 4.39 Å². The van der Waals surface area contributed by atoms with Crippen LogP contribution in [0, 0.1) is 5.82 Å². The van der Waals surface area contributed by atoms with Crippen molar-refractivity contribution in [3.8, 4) is 0 Å². The number of ketones is 1. The lowest BCUT2D eigenvalue weighted by Gasteiger charge is -2.23. The SMILES string of the molecule is O=C(NC1CC1)C(=O)C1CCC(=O)N1Cc1ccc(F)cc1. The molecule has 0 bridgehead atoms. The molecule has 1 atom stereocenters. The molecule has 0 radical (unpaired) electrons. The predicted molar refractivity (Wildman–Crippen MR) is 76.1 cm³/mol. The second-order valence-electron chi connectivity index (χ2n) is 5.81. The smallest absolute Gasteiger partial charge is 0.289 e.